The van der Waals surface area contributed by atoms with Gasteiger partial charge in [-0.2, -0.15) is 23.3 Å². The Balaban J connectivity index is 2.49. The number of benzene rings is 1. The van der Waals surface area contributed by atoms with E-state index in [2.05, 4.69) is 5.10 Å². The molecule has 0 saturated heterocycles. The van der Waals surface area contributed by atoms with Crippen LogP contribution in [0.1, 0.15) is 37.6 Å². The van der Waals surface area contributed by atoms with Crippen LogP contribution in [0.5, 0.6) is 5.75 Å². The highest BCUT2D eigenvalue weighted by Crippen LogP contribution is 2.44. The molecule has 0 saturated carbocycles. The van der Waals surface area contributed by atoms with E-state index in [1.165, 1.54) is 25.3 Å². The lowest BCUT2D eigenvalue weighted by atomic mass is 9.80. The van der Waals surface area contributed by atoms with Gasteiger partial charge in [-0.3, -0.25) is 4.79 Å². The standard InChI is InChI=1S/C16H19F3N2O3/c1-14(2,3)15(23)9-12(16(17,18)19)20-21(15)13(22)10-6-5-7-11(8-10)24-4/h5-8,23H,9H2,1-4H3. The maximum Gasteiger partial charge on any atom is 0.431 e. The summed E-state index contributed by atoms with van der Waals surface area (Å²) < 4.78 is 44.2. The molecule has 1 amide bonds. The van der Waals surface area contributed by atoms with Gasteiger partial charge in [0.2, 0.25) is 0 Å². The molecule has 5 nitrogen and oxygen atoms in total. The summed E-state index contributed by atoms with van der Waals surface area (Å²) in [5.41, 5.74) is -4.24. The van der Waals surface area contributed by atoms with E-state index in [0.29, 0.717) is 10.8 Å². The third-order valence-electron chi connectivity index (χ3n) is 4.02. The summed E-state index contributed by atoms with van der Waals surface area (Å²) in [6, 6.07) is 5.94. The number of methoxy groups -OCH3 is 1. The zero-order valence-electron chi connectivity index (χ0n) is 13.8. The van der Waals surface area contributed by atoms with Crippen LogP contribution < -0.4 is 4.74 Å². The van der Waals surface area contributed by atoms with Gasteiger partial charge in [0.05, 0.1) is 7.11 Å². The average molecular weight is 344 g/mol. The van der Waals surface area contributed by atoms with Crippen LogP contribution in [0, 0.1) is 5.41 Å². The van der Waals surface area contributed by atoms with Crippen LogP contribution in [0.25, 0.3) is 0 Å². The average Bonchev–Trinajstić information content (AvgIpc) is 2.85. The maximum atomic E-state index is 13.1. The summed E-state index contributed by atoms with van der Waals surface area (Å²) in [5, 5.41) is 14.8. The van der Waals surface area contributed by atoms with Crippen LogP contribution in [0.2, 0.25) is 0 Å². The Labute approximate surface area is 137 Å². The second-order valence-electron chi connectivity index (χ2n) is 6.64. The Kier molecular flexibility index (Phi) is 4.39. The van der Waals surface area contributed by atoms with Gasteiger partial charge in [-0.1, -0.05) is 26.8 Å². The van der Waals surface area contributed by atoms with Crippen molar-refractivity contribution >= 4 is 11.6 Å². The van der Waals surface area contributed by atoms with Crippen LogP contribution in [0.4, 0.5) is 13.2 Å². The minimum absolute atomic E-state index is 0.0733. The van der Waals surface area contributed by atoms with Gasteiger partial charge in [0.1, 0.15) is 11.5 Å². The lowest BCUT2D eigenvalue weighted by Gasteiger charge is -2.41. The Morgan fingerprint density at radius 1 is 1.33 bits per heavy atom. The monoisotopic (exact) mass is 344 g/mol. The molecule has 1 atom stereocenters. The van der Waals surface area contributed by atoms with Gasteiger partial charge >= 0.3 is 6.18 Å². The Bertz CT molecular complexity index is 680. The number of hydrogen-bond donors (Lipinski definition) is 1. The Morgan fingerprint density at radius 2 is 1.96 bits per heavy atom. The van der Waals surface area contributed by atoms with Gasteiger partial charge in [-0.05, 0) is 18.2 Å². The van der Waals surface area contributed by atoms with Crippen LogP contribution in [-0.2, 0) is 0 Å². The highest BCUT2D eigenvalue weighted by atomic mass is 19.4. The summed E-state index contributed by atoms with van der Waals surface area (Å²) in [4.78, 5) is 12.7. The number of hydrogen-bond acceptors (Lipinski definition) is 4. The molecule has 1 unspecified atom stereocenters. The molecule has 0 spiro atoms. The van der Waals surface area contributed by atoms with E-state index in [9.17, 15) is 23.1 Å². The molecule has 8 heteroatoms. The molecule has 0 aromatic heterocycles. The number of nitrogens with zero attached hydrogens (tertiary/aromatic N) is 2. The topological polar surface area (TPSA) is 62.1 Å². The van der Waals surface area contributed by atoms with Crippen molar-refractivity contribution in [3.63, 3.8) is 0 Å². The highest BCUT2D eigenvalue weighted by molar-refractivity contribution is 6.00. The first kappa shape index (κ1) is 18.3. The number of ether oxygens (including phenoxy) is 1. The third-order valence-corrected chi connectivity index (χ3v) is 4.02. The number of hydrazone groups is 1. The molecular formula is C16H19F3N2O3. The van der Waals surface area contributed by atoms with Crippen LogP contribution in [0.3, 0.4) is 0 Å². The van der Waals surface area contributed by atoms with Crippen molar-refractivity contribution in [1.82, 2.24) is 5.01 Å². The predicted octanol–water partition coefficient (Wildman–Crippen LogP) is 3.19. The molecule has 1 heterocycles. The molecule has 0 fully saturated rings. The molecule has 1 aliphatic rings. The smallest absolute Gasteiger partial charge is 0.431 e. The molecule has 1 N–H and O–H groups in total. The Morgan fingerprint density at radius 3 is 2.46 bits per heavy atom. The first-order chi connectivity index (χ1) is 10.9. The van der Waals surface area contributed by atoms with E-state index in [1.54, 1.807) is 26.8 Å². The van der Waals surface area contributed by atoms with Gasteiger partial charge in [0.25, 0.3) is 5.91 Å². The molecule has 1 aromatic carbocycles. The number of amides is 1. The van der Waals surface area contributed by atoms with Crippen molar-refractivity contribution in [1.29, 1.82) is 0 Å². The summed E-state index contributed by atoms with van der Waals surface area (Å²) in [7, 11) is 1.41. The fourth-order valence-electron chi connectivity index (χ4n) is 2.38. The van der Waals surface area contributed by atoms with E-state index in [4.69, 9.17) is 4.74 Å². The van der Waals surface area contributed by atoms with Crippen molar-refractivity contribution in [3.05, 3.63) is 29.8 Å². The molecule has 1 aliphatic heterocycles. The lowest BCUT2D eigenvalue weighted by Crippen LogP contribution is -2.55. The van der Waals surface area contributed by atoms with Crippen LogP contribution >= 0.6 is 0 Å². The van der Waals surface area contributed by atoms with Crippen molar-refractivity contribution in [3.8, 4) is 5.75 Å². The summed E-state index contributed by atoms with van der Waals surface area (Å²) in [6.07, 6.45) is -5.50. The first-order valence-corrected chi connectivity index (χ1v) is 7.26. The van der Waals surface area contributed by atoms with Crippen molar-refractivity contribution in [2.24, 2.45) is 10.5 Å². The minimum Gasteiger partial charge on any atom is -0.497 e. The molecule has 0 radical (unpaired) electrons. The van der Waals surface area contributed by atoms with Crippen LogP contribution in [-0.4, -0.2) is 40.7 Å². The molecular weight excluding hydrogens is 325 g/mol. The summed E-state index contributed by atoms with van der Waals surface area (Å²) in [6.45, 7) is 4.65. The van der Waals surface area contributed by atoms with Crippen molar-refractivity contribution in [2.75, 3.05) is 7.11 Å². The number of alkyl halides is 3. The second-order valence-corrected chi connectivity index (χ2v) is 6.64. The molecule has 2 rings (SSSR count). The van der Waals surface area contributed by atoms with Gasteiger partial charge < -0.3 is 9.84 Å². The molecule has 1 aromatic rings. The quantitative estimate of drug-likeness (QED) is 0.896. The molecule has 24 heavy (non-hydrogen) atoms. The molecule has 0 aliphatic carbocycles. The van der Waals surface area contributed by atoms with Crippen molar-refractivity contribution in [2.45, 2.75) is 39.1 Å². The normalized spacial score (nSPS) is 21.7. The van der Waals surface area contributed by atoms with E-state index >= 15 is 0 Å². The number of aliphatic hydroxyl groups is 1. The van der Waals surface area contributed by atoms with Gasteiger partial charge in [0, 0.05) is 17.4 Å². The fraction of sp³-hybridized carbons (Fsp3) is 0.500. The van der Waals surface area contributed by atoms with Crippen molar-refractivity contribution < 1.29 is 27.8 Å². The fourth-order valence-corrected chi connectivity index (χ4v) is 2.38. The number of halogens is 3. The van der Waals surface area contributed by atoms with E-state index in [1.807, 2.05) is 0 Å². The zero-order chi connectivity index (χ0) is 18.3. The summed E-state index contributed by atoms with van der Waals surface area (Å²) >= 11 is 0. The Hall–Kier alpha value is -2.09. The van der Waals surface area contributed by atoms with E-state index in [0.717, 1.165) is 0 Å². The lowest BCUT2D eigenvalue weighted by molar-refractivity contribution is -0.144. The maximum absolute atomic E-state index is 13.1. The number of rotatable bonds is 2. The van der Waals surface area contributed by atoms with Gasteiger partial charge in [0.15, 0.2) is 5.72 Å². The molecule has 0 bridgehead atoms. The highest BCUT2D eigenvalue weighted by Gasteiger charge is 2.57. The first-order valence-electron chi connectivity index (χ1n) is 7.26. The van der Waals surface area contributed by atoms with Gasteiger partial charge in [-0.25, -0.2) is 0 Å². The largest absolute Gasteiger partial charge is 0.497 e. The number of carbonyl (C=O) groups is 1. The van der Waals surface area contributed by atoms with E-state index in [-0.39, 0.29) is 5.56 Å². The number of carbonyl (C=O) groups excluding carboxylic acids is 1. The van der Waals surface area contributed by atoms with Gasteiger partial charge in [-0.15, -0.1) is 0 Å². The minimum atomic E-state index is -4.72. The second kappa shape index (κ2) is 5.77. The predicted molar refractivity (Wildman–Crippen MR) is 81.7 cm³/mol. The summed E-state index contributed by atoms with van der Waals surface area (Å²) in [5.74, 6) is -0.454. The molecule has 132 valence electrons. The zero-order valence-corrected chi connectivity index (χ0v) is 13.8. The third kappa shape index (κ3) is 3.10. The SMILES string of the molecule is COc1cccc(C(=O)N2N=C(C(F)(F)F)CC2(O)C(C)(C)C)c1. The van der Waals surface area contributed by atoms with E-state index < -0.39 is 35.4 Å². The van der Waals surface area contributed by atoms with Crippen LogP contribution in [0.15, 0.2) is 29.4 Å².